The Morgan fingerprint density at radius 2 is 1.96 bits per heavy atom. The average molecular weight is 334 g/mol. The molecule has 2 rings (SSSR count). The van der Waals surface area contributed by atoms with Crippen molar-refractivity contribution in [3.63, 3.8) is 0 Å². The Bertz CT molecular complexity index is 715. The van der Waals surface area contributed by atoms with Crippen LogP contribution in [0.3, 0.4) is 0 Å². The summed E-state index contributed by atoms with van der Waals surface area (Å²) in [6, 6.07) is 10.5. The first kappa shape index (κ1) is 17.5. The van der Waals surface area contributed by atoms with Crippen LogP contribution in [0.5, 0.6) is 0 Å². The zero-order valence-electron chi connectivity index (χ0n) is 13.6. The Labute approximate surface area is 141 Å². The third-order valence-corrected chi connectivity index (χ3v) is 4.15. The Morgan fingerprint density at radius 3 is 2.57 bits per heavy atom. The zero-order chi connectivity index (χ0) is 17.0. The molecule has 1 amide bonds. The number of rotatable bonds is 5. The number of nitrogens with one attached hydrogen (secondary N) is 1. The molecule has 23 heavy (non-hydrogen) atoms. The van der Waals surface area contributed by atoms with Crippen LogP contribution in [0.4, 0.5) is 4.39 Å². The molecule has 2 nitrogen and oxygen atoms in total. The molecule has 0 radical (unpaired) electrons. The van der Waals surface area contributed by atoms with E-state index < -0.39 is 5.82 Å². The molecule has 122 valence electrons. The van der Waals surface area contributed by atoms with Crippen LogP contribution in [0, 0.1) is 19.7 Å². The number of amides is 1. The first-order valence-corrected chi connectivity index (χ1v) is 8.09. The van der Waals surface area contributed by atoms with Crippen LogP contribution in [-0.2, 0) is 11.2 Å². The molecule has 0 heterocycles. The molecule has 0 aromatic heterocycles. The molecular formula is C19H21ClFNO. The van der Waals surface area contributed by atoms with Crippen molar-refractivity contribution in [2.45, 2.75) is 39.7 Å². The maximum atomic E-state index is 13.8. The lowest BCUT2D eigenvalue weighted by Gasteiger charge is -2.20. The second kappa shape index (κ2) is 7.60. The van der Waals surface area contributed by atoms with Gasteiger partial charge in [0.25, 0.3) is 0 Å². The highest BCUT2D eigenvalue weighted by atomic mass is 35.5. The van der Waals surface area contributed by atoms with Crippen molar-refractivity contribution in [2.24, 2.45) is 0 Å². The Balaban J connectivity index is 2.10. The topological polar surface area (TPSA) is 29.1 Å². The summed E-state index contributed by atoms with van der Waals surface area (Å²) in [5.74, 6) is -0.648. The summed E-state index contributed by atoms with van der Waals surface area (Å²) in [5.41, 5.74) is 3.79. The minimum Gasteiger partial charge on any atom is -0.349 e. The molecule has 0 saturated heterocycles. The molecule has 0 unspecified atom stereocenters. The van der Waals surface area contributed by atoms with Crippen LogP contribution in [0.25, 0.3) is 0 Å². The van der Waals surface area contributed by atoms with Gasteiger partial charge in [-0.05, 0) is 49.1 Å². The lowest BCUT2D eigenvalue weighted by Crippen LogP contribution is -2.30. The van der Waals surface area contributed by atoms with E-state index in [-0.39, 0.29) is 18.4 Å². The van der Waals surface area contributed by atoms with E-state index in [0.29, 0.717) is 10.6 Å². The van der Waals surface area contributed by atoms with Gasteiger partial charge in [-0.2, -0.15) is 0 Å². The number of hydrogen-bond donors (Lipinski definition) is 1. The first-order chi connectivity index (χ1) is 10.9. The van der Waals surface area contributed by atoms with E-state index in [0.717, 1.165) is 17.5 Å². The Kier molecular flexibility index (Phi) is 5.78. The second-order valence-corrected chi connectivity index (χ2v) is 6.24. The predicted molar refractivity (Wildman–Crippen MR) is 92.2 cm³/mol. The standard InChI is InChI=1S/C19H21ClFNO/c1-4-18(16-8-5-12(2)9-13(16)3)22-19(23)10-14-6-7-15(20)11-17(14)21/h5-9,11,18H,4,10H2,1-3H3,(H,22,23)/t18-/m0/s1. The highest BCUT2D eigenvalue weighted by molar-refractivity contribution is 6.30. The van der Waals surface area contributed by atoms with E-state index in [1.807, 2.05) is 32.9 Å². The molecule has 2 aromatic carbocycles. The predicted octanol–water partition coefficient (Wildman–Crippen LogP) is 4.91. The number of halogens is 2. The third kappa shape index (κ3) is 4.55. The van der Waals surface area contributed by atoms with Crippen molar-refractivity contribution in [2.75, 3.05) is 0 Å². The molecule has 0 fully saturated rings. The molecule has 0 aliphatic carbocycles. The molecule has 1 N–H and O–H groups in total. The summed E-state index contributed by atoms with van der Waals surface area (Å²) in [5, 5.41) is 3.32. The highest BCUT2D eigenvalue weighted by Crippen LogP contribution is 2.22. The van der Waals surface area contributed by atoms with Crippen molar-refractivity contribution < 1.29 is 9.18 Å². The lowest BCUT2D eigenvalue weighted by molar-refractivity contribution is -0.121. The fourth-order valence-corrected chi connectivity index (χ4v) is 2.86. The lowest BCUT2D eigenvalue weighted by atomic mass is 9.97. The van der Waals surface area contributed by atoms with Gasteiger partial charge < -0.3 is 5.32 Å². The summed E-state index contributed by atoms with van der Waals surface area (Å²) in [6.45, 7) is 6.10. The van der Waals surface area contributed by atoms with Crippen LogP contribution >= 0.6 is 11.6 Å². The number of benzene rings is 2. The monoisotopic (exact) mass is 333 g/mol. The normalized spacial score (nSPS) is 12.0. The molecule has 0 bridgehead atoms. The molecule has 2 aromatic rings. The van der Waals surface area contributed by atoms with Crippen molar-refractivity contribution in [1.82, 2.24) is 5.32 Å². The van der Waals surface area contributed by atoms with Crippen molar-refractivity contribution in [3.8, 4) is 0 Å². The van der Waals surface area contributed by atoms with E-state index in [2.05, 4.69) is 11.4 Å². The molecular weight excluding hydrogens is 313 g/mol. The molecule has 4 heteroatoms. The van der Waals surface area contributed by atoms with Gasteiger partial charge in [0.05, 0.1) is 12.5 Å². The summed E-state index contributed by atoms with van der Waals surface area (Å²) in [6.07, 6.45) is 0.781. The summed E-state index contributed by atoms with van der Waals surface area (Å²) >= 11 is 5.73. The molecule has 0 aliphatic rings. The smallest absolute Gasteiger partial charge is 0.225 e. The van der Waals surface area contributed by atoms with Gasteiger partial charge in [-0.3, -0.25) is 4.79 Å². The quantitative estimate of drug-likeness (QED) is 0.828. The zero-order valence-corrected chi connectivity index (χ0v) is 14.4. The van der Waals surface area contributed by atoms with Gasteiger partial charge in [-0.1, -0.05) is 48.4 Å². The Morgan fingerprint density at radius 1 is 1.22 bits per heavy atom. The fourth-order valence-electron chi connectivity index (χ4n) is 2.70. The van der Waals surface area contributed by atoms with Gasteiger partial charge in [-0.25, -0.2) is 4.39 Å². The van der Waals surface area contributed by atoms with Crippen molar-refractivity contribution >= 4 is 17.5 Å². The minimum atomic E-state index is -0.452. The highest BCUT2D eigenvalue weighted by Gasteiger charge is 2.16. The van der Waals surface area contributed by atoms with Crippen LogP contribution in [-0.4, -0.2) is 5.91 Å². The van der Waals surface area contributed by atoms with Gasteiger partial charge >= 0.3 is 0 Å². The molecule has 0 aliphatic heterocycles. The summed E-state index contributed by atoms with van der Waals surface area (Å²) in [4.78, 5) is 12.3. The van der Waals surface area contributed by atoms with Crippen LogP contribution in [0.1, 0.15) is 41.6 Å². The number of hydrogen-bond acceptors (Lipinski definition) is 1. The number of carbonyl (C=O) groups is 1. The van der Waals surface area contributed by atoms with Gasteiger partial charge in [0, 0.05) is 5.02 Å². The fraction of sp³-hybridized carbons (Fsp3) is 0.316. The van der Waals surface area contributed by atoms with Gasteiger partial charge in [0.1, 0.15) is 5.82 Å². The average Bonchev–Trinajstić information content (AvgIpc) is 2.48. The second-order valence-electron chi connectivity index (χ2n) is 5.80. The van der Waals surface area contributed by atoms with Crippen molar-refractivity contribution in [1.29, 1.82) is 0 Å². The minimum absolute atomic E-state index is 0.00438. The largest absolute Gasteiger partial charge is 0.349 e. The molecule has 0 spiro atoms. The summed E-state index contributed by atoms with van der Waals surface area (Å²) < 4.78 is 13.8. The molecule has 1 atom stereocenters. The maximum Gasteiger partial charge on any atom is 0.225 e. The van der Waals surface area contributed by atoms with E-state index in [9.17, 15) is 9.18 Å². The number of carbonyl (C=O) groups excluding carboxylic acids is 1. The van der Waals surface area contributed by atoms with Crippen molar-refractivity contribution in [3.05, 3.63) is 69.5 Å². The Hall–Kier alpha value is -1.87. The SMILES string of the molecule is CC[C@H](NC(=O)Cc1ccc(Cl)cc1F)c1ccc(C)cc1C. The molecule has 0 saturated carbocycles. The first-order valence-electron chi connectivity index (χ1n) is 7.71. The maximum absolute atomic E-state index is 13.8. The number of aryl methyl sites for hydroxylation is 2. The summed E-state index contributed by atoms with van der Waals surface area (Å²) in [7, 11) is 0. The van der Waals surface area contributed by atoms with E-state index in [1.165, 1.54) is 11.6 Å². The van der Waals surface area contributed by atoms with Gasteiger partial charge in [0.15, 0.2) is 0 Å². The van der Waals surface area contributed by atoms with Crippen LogP contribution < -0.4 is 5.32 Å². The van der Waals surface area contributed by atoms with E-state index in [4.69, 9.17) is 11.6 Å². The van der Waals surface area contributed by atoms with Gasteiger partial charge in [-0.15, -0.1) is 0 Å². The van der Waals surface area contributed by atoms with E-state index in [1.54, 1.807) is 12.1 Å². The van der Waals surface area contributed by atoms with Crippen LogP contribution in [0.15, 0.2) is 36.4 Å². The van der Waals surface area contributed by atoms with Gasteiger partial charge in [0.2, 0.25) is 5.91 Å². The third-order valence-electron chi connectivity index (χ3n) is 3.91. The van der Waals surface area contributed by atoms with Crippen LogP contribution in [0.2, 0.25) is 5.02 Å². The van der Waals surface area contributed by atoms with E-state index >= 15 is 0 Å².